The van der Waals surface area contributed by atoms with Gasteiger partial charge in [0.2, 0.25) is 15.9 Å². The van der Waals surface area contributed by atoms with Crippen LogP contribution in [0.4, 0.5) is 11.4 Å². The summed E-state index contributed by atoms with van der Waals surface area (Å²) in [5.74, 6) is -0.451. The maximum Gasteiger partial charge on any atom is 0.244 e. The van der Waals surface area contributed by atoms with Crippen LogP contribution in [0.5, 0.6) is 0 Å². The Labute approximate surface area is 181 Å². The largest absolute Gasteiger partial charge is 0.376 e. The average Bonchev–Trinajstić information content (AvgIpc) is 2.73. The van der Waals surface area contributed by atoms with Crippen LogP contribution in [0.2, 0.25) is 5.02 Å². The van der Waals surface area contributed by atoms with Crippen LogP contribution in [-0.4, -0.2) is 45.8 Å². The molecule has 1 fully saturated rings. The molecule has 0 radical (unpaired) electrons. The van der Waals surface area contributed by atoms with E-state index in [0.29, 0.717) is 23.6 Å². The van der Waals surface area contributed by atoms with Crippen molar-refractivity contribution in [1.82, 2.24) is 4.31 Å². The molecule has 0 saturated carbocycles. The van der Waals surface area contributed by atoms with E-state index in [1.165, 1.54) is 16.4 Å². The summed E-state index contributed by atoms with van der Waals surface area (Å²) in [6.07, 6.45) is 0.812. The minimum atomic E-state index is -3.77. The number of amides is 1. The molecular weight excluding hydrogens is 424 g/mol. The Morgan fingerprint density at radius 2 is 1.87 bits per heavy atom. The predicted molar refractivity (Wildman–Crippen MR) is 117 cm³/mol. The number of nitrogens with one attached hydrogen (secondary N) is 1. The van der Waals surface area contributed by atoms with Crippen molar-refractivity contribution in [1.29, 1.82) is 5.26 Å². The van der Waals surface area contributed by atoms with E-state index in [1.54, 1.807) is 24.3 Å². The Morgan fingerprint density at radius 1 is 1.20 bits per heavy atom. The Morgan fingerprint density at radius 3 is 2.47 bits per heavy atom. The van der Waals surface area contributed by atoms with Crippen molar-refractivity contribution in [2.75, 3.05) is 37.4 Å². The summed E-state index contributed by atoms with van der Waals surface area (Å²) in [5, 5.41) is 12.6. The van der Waals surface area contributed by atoms with Gasteiger partial charge in [0.25, 0.3) is 0 Å². The molecule has 0 bridgehead atoms. The average molecular weight is 447 g/mol. The molecule has 0 atom stereocenters. The Kier molecular flexibility index (Phi) is 6.66. The first-order valence-electron chi connectivity index (χ1n) is 9.51. The van der Waals surface area contributed by atoms with E-state index in [1.807, 2.05) is 31.1 Å². The second kappa shape index (κ2) is 9.04. The number of carbonyl (C=O) groups is 1. The molecule has 1 amide bonds. The summed E-state index contributed by atoms with van der Waals surface area (Å²) in [6, 6.07) is 13.4. The first-order valence-corrected chi connectivity index (χ1v) is 11.3. The minimum absolute atomic E-state index is 0.00558. The number of rotatable bonds is 5. The maximum absolute atomic E-state index is 12.9. The molecule has 158 valence electrons. The number of sulfonamides is 1. The molecule has 1 aliphatic rings. The number of hydrogen-bond donors (Lipinski definition) is 1. The number of piperidine rings is 1. The molecule has 0 unspecified atom stereocenters. The fraction of sp³-hybridized carbons (Fsp3) is 0.333. The molecule has 2 aromatic rings. The van der Waals surface area contributed by atoms with E-state index in [2.05, 4.69) is 5.32 Å². The summed E-state index contributed by atoms with van der Waals surface area (Å²) in [4.78, 5) is 14.5. The number of nitriles is 1. The lowest BCUT2D eigenvalue weighted by atomic mass is 9.97. The van der Waals surface area contributed by atoms with E-state index in [4.69, 9.17) is 11.6 Å². The molecule has 7 nitrogen and oxygen atoms in total. The van der Waals surface area contributed by atoms with Gasteiger partial charge >= 0.3 is 0 Å². The van der Waals surface area contributed by atoms with Gasteiger partial charge < -0.3 is 10.2 Å². The number of halogens is 1. The molecule has 0 spiro atoms. The summed E-state index contributed by atoms with van der Waals surface area (Å²) in [6.45, 7) is 0.445. The van der Waals surface area contributed by atoms with Crippen LogP contribution < -0.4 is 10.2 Å². The number of hydrogen-bond acceptors (Lipinski definition) is 5. The van der Waals surface area contributed by atoms with Gasteiger partial charge in [-0.1, -0.05) is 23.7 Å². The summed E-state index contributed by atoms with van der Waals surface area (Å²) < 4.78 is 27.2. The first-order chi connectivity index (χ1) is 14.2. The first kappa shape index (κ1) is 22.1. The predicted octanol–water partition coefficient (Wildman–Crippen LogP) is 3.32. The highest BCUT2D eigenvalue weighted by molar-refractivity contribution is 7.89. The van der Waals surface area contributed by atoms with Crippen molar-refractivity contribution < 1.29 is 13.2 Å². The molecule has 1 N–H and O–H groups in total. The summed E-state index contributed by atoms with van der Waals surface area (Å²) in [5.41, 5.74) is 1.58. The van der Waals surface area contributed by atoms with Crippen LogP contribution in [0.25, 0.3) is 0 Å². The van der Waals surface area contributed by atoms with Crippen LogP contribution in [0, 0.1) is 17.2 Å². The van der Waals surface area contributed by atoms with Crippen molar-refractivity contribution in [3.05, 3.63) is 53.1 Å². The van der Waals surface area contributed by atoms with Gasteiger partial charge in [0.1, 0.15) is 6.07 Å². The van der Waals surface area contributed by atoms with Crippen molar-refractivity contribution in [3.8, 4) is 6.07 Å². The minimum Gasteiger partial charge on any atom is -0.376 e. The molecule has 0 aromatic heterocycles. The summed E-state index contributed by atoms with van der Waals surface area (Å²) in [7, 11) is -0.00386. The fourth-order valence-corrected chi connectivity index (χ4v) is 5.43. The van der Waals surface area contributed by atoms with Gasteiger partial charge in [0, 0.05) is 38.8 Å². The molecule has 30 heavy (non-hydrogen) atoms. The lowest BCUT2D eigenvalue weighted by Crippen LogP contribution is -2.41. The third-order valence-corrected chi connectivity index (χ3v) is 7.41. The fourth-order valence-electron chi connectivity index (χ4n) is 3.47. The van der Waals surface area contributed by atoms with Gasteiger partial charge in [-0.3, -0.25) is 4.79 Å². The number of carbonyl (C=O) groups excluding carboxylic acids is 1. The van der Waals surface area contributed by atoms with E-state index in [0.717, 1.165) is 5.69 Å². The van der Waals surface area contributed by atoms with Gasteiger partial charge in [0.15, 0.2) is 0 Å². The standard InChI is InChI=1S/C21H23ClN4O3S/c1-25(2)19-8-7-17(13-18(19)22)24-21(27)15-9-11-26(12-10-15)30(28,29)20-6-4-3-5-16(20)14-23/h3-8,13,15H,9-12H2,1-2H3,(H,24,27). The van der Waals surface area contributed by atoms with E-state index < -0.39 is 10.0 Å². The number of benzene rings is 2. The molecule has 3 rings (SSSR count). The molecule has 0 aliphatic carbocycles. The topological polar surface area (TPSA) is 93.5 Å². The van der Waals surface area contributed by atoms with Crippen LogP contribution in [0.1, 0.15) is 18.4 Å². The van der Waals surface area contributed by atoms with Gasteiger partial charge in [-0.2, -0.15) is 9.57 Å². The molecular formula is C21H23ClN4O3S. The van der Waals surface area contributed by atoms with Crippen LogP contribution in [0.3, 0.4) is 0 Å². The second-order valence-electron chi connectivity index (χ2n) is 7.34. The van der Waals surface area contributed by atoms with Crippen molar-refractivity contribution in [3.63, 3.8) is 0 Å². The zero-order chi connectivity index (χ0) is 21.9. The highest BCUT2D eigenvalue weighted by Gasteiger charge is 2.33. The third-order valence-electron chi connectivity index (χ3n) is 5.15. The zero-order valence-electron chi connectivity index (χ0n) is 16.8. The Bertz CT molecular complexity index is 1090. The number of nitrogens with zero attached hydrogens (tertiary/aromatic N) is 3. The molecule has 1 heterocycles. The monoisotopic (exact) mass is 446 g/mol. The van der Waals surface area contributed by atoms with Gasteiger partial charge in [-0.25, -0.2) is 8.42 Å². The molecule has 1 saturated heterocycles. The molecule has 9 heteroatoms. The van der Waals surface area contributed by atoms with Crippen molar-refractivity contribution in [2.45, 2.75) is 17.7 Å². The molecule has 2 aromatic carbocycles. The normalized spacial score (nSPS) is 15.4. The lowest BCUT2D eigenvalue weighted by molar-refractivity contribution is -0.120. The van der Waals surface area contributed by atoms with E-state index in [-0.39, 0.29) is 35.4 Å². The van der Waals surface area contributed by atoms with Crippen LogP contribution in [-0.2, 0) is 14.8 Å². The molecule has 1 aliphatic heterocycles. The van der Waals surface area contributed by atoms with Gasteiger partial charge in [-0.15, -0.1) is 0 Å². The van der Waals surface area contributed by atoms with Gasteiger partial charge in [-0.05, 0) is 43.2 Å². The Hall–Kier alpha value is -2.60. The highest BCUT2D eigenvalue weighted by atomic mass is 35.5. The number of anilines is 2. The Balaban J connectivity index is 1.65. The zero-order valence-corrected chi connectivity index (χ0v) is 18.4. The van der Waals surface area contributed by atoms with Gasteiger partial charge in [0.05, 0.1) is 21.2 Å². The maximum atomic E-state index is 12.9. The van der Waals surface area contributed by atoms with Crippen molar-refractivity contribution >= 4 is 38.9 Å². The summed E-state index contributed by atoms with van der Waals surface area (Å²) >= 11 is 6.26. The SMILES string of the molecule is CN(C)c1ccc(NC(=O)C2CCN(S(=O)(=O)c3ccccc3C#N)CC2)cc1Cl. The quantitative estimate of drug-likeness (QED) is 0.760. The van der Waals surface area contributed by atoms with E-state index >= 15 is 0 Å². The van der Waals surface area contributed by atoms with Crippen LogP contribution in [0.15, 0.2) is 47.4 Å². The smallest absolute Gasteiger partial charge is 0.244 e. The third kappa shape index (κ3) is 4.59. The van der Waals surface area contributed by atoms with Crippen LogP contribution >= 0.6 is 11.6 Å². The van der Waals surface area contributed by atoms with Crippen molar-refractivity contribution in [2.24, 2.45) is 5.92 Å². The highest BCUT2D eigenvalue weighted by Crippen LogP contribution is 2.29. The van der Waals surface area contributed by atoms with E-state index in [9.17, 15) is 18.5 Å². The second-order valence-corrected chi connectivity index (χ2v) is 9.65. The lowest BCUT2D eigenvalue weighted by Gasteiger charge is -2.30.